The van der Waals surface area contributed by atoms with Crippen molar-refractivity contribution >= 4 is 5.78 Å². The summed E-state index contributed by atoms with van der Waals surface area (Å²) < 4.78 is 18.1. The van der Waals surface area contributed by atoms with E-state index in [0.717, 1.165) is 5.56 Å². The lowest BCUT2D eigenvalue weighted by molar-refractivity contribution is 0.0958. The van der Waals surface area contributed by atoms with Crippen LogP contribution in [0.5, 0.6) is 5.75 Å². The van der Waals surface area contributed by atoms with Gasteiger partial charge >= 0.3 is 0 Å². The van der Waals surface area contributed by atoms with E-state index in [9.17, 15) is 9.18 Å². The van der Waals surface area contributed by atoms with Gasteiger partial charge in [0, 0.05) is 0 Å². The van der Waals surface area contributed by atoms with E-state index in [4.69, 9.17) is 4.74 Å². The molecule has 0 amide bonds. The van der Waals surface area contributed by atoms with Gasteiger partial charge < -0.3 is 4.74 Å². The van der Waals surface area contributed by atoms with Crippen LogP contribution >= 0.6 is 0 Å². The molecule has 0 bridgehead atoms. The Balaban J connectivity index is 2.72. The number of ketones is 1. The number of halogens is 1. The molecule has 1 aliphatic heterocycles. The van der Waals surface area contributed by atoms with E-state index in [1.165, 1.54) is 6.07 Å². The van der Waals surface area contributed by atoms with Gasteiger partial charge in [-0.05, 0) is 18.6 Å². The van der Waals surface area contributed by atoms with Crippen LogP contribution in [0.3, 0.4) is 0 Å². The van der Waals surface area contributed by atoms with E-state index in [1.807, 2.05) is 0 Å². The minimum Gasteiger partial charge on any atom is -0.484 e. The first-order chi connectivity index (χ1) is 5.70. The molecule has 1 aromatic rings. The van der Waals surface area contributed by atoms with Gasteiger partial charge in [0.1, 0.15) is 11.6 Å². The molecule has 0 unspecified atom stereocenters. The predicted octanol–water partition coefficient (Wildman–Crippen LogP) is 1.71. The first-order valence-electron chi connectivity index (χ1n) is 3.65. The van der Waals surface area contributed by atoms with E-state index in [2.05, 4.69) is 0 Å². The zero-order chi connectivity index (χ0) is 8.72. The predicted molar refractivity (Wildman–Crippen MR) is 41.0 cm³/mol. The maximum absolute atomic E-state index is 13.0. The van der Waals surface area contributed by atoms with Gasteiger partial charge in [-0.15, -0.1) is 0 Å². The van der Waals surface area contributed by atoms with Gasteiger partial charge in [0.2, 0.25) is 5.78 Å². The molecule has 1 heterocycles. The molecule has 62 valence electrons. The normalized spacial score (nSPS) is 14.3. The fourth-order valence-corrected chi connectivity index (χ4v) is 1.32. The van der Waals surface area contributed by atoms with Crippen LogP contribution in [0.1, 0.15) is 15.9 Å². The van der Waals surface area contributed by atoms with Crippen molar-refractivity contribution in [2.24, 2.45) is 0 Å². The van der Waals surface area contributed by atoms with E-state index in [-0.39, 0.29) is 18.0 Å². The molecule has 0 atom stereocenters. The van der Waals surface area contributed by atoms with Gasteiger partial charge in [-0.25, -0.2) is 4.39 Å². The van der Waals surface area contributed by atoms with E-state index in [0.29, 0.717) is 5.75 Å². The molecular formula is C9H7FO2. The maximum atomic E-state index is 13.0. The summed E-state index contributed by atoms with van der Waals surface area (Å²) in [5, 5.41) is 0. The highest BCUT2D eigenvalue weighted by atomic mass is 19.1. The Morgan fingerprint density at radius 3 is 2.92 bits per heavy atom. The summed E-state index contributed by atoms with van der Waals surface area (Å²) in [5.41, 5.74) is 0.909. The van der Waals surface area contributed by atoms with Crippen molar-refractivity contribution in [3.63, 3.8) is 0 Å². The first kappa shape index (κ1) is 7.28. The van der Waals surface area contributed by atoms with Crippen LogP contribution < -0.4 is 4.74 Å². The van der Waals surface area contributed by atoms with E-state index >= 15 is 0 Å². The smallest absolute Gasteiger partial charge is 0.206 e. The standard InChI is InChI=1S/C9H7FO2/c1-5-2-3-6(10)8-7(11)4-12-9(5)8/h2-3H,4H2,1H3. The van der Waals surface area contributed by atoms with Crippen molar-refractivity contribution in [3.05, 3.63) is 29.1 Å². The summed E-state index contributed by atoms with van der Waals surface area (Å²) in [6.07, 6.45) is 0. The first-order valence-corrected chi connectivity index (χ1v) is 3.65. The van der Waals surface area contributed by atoms with Crippen molar-refractivity contribution in [3.8, 4) is 5.75 Å². The number of fused-ring (bicyclic) bond motifs is 1. The SMILES string of the molecule is Cc1ccc(F)c2c1OCC2=O. The van der Waals surface area contributed by atoms with Crippen molar-refractivity contribution in [1.29, 1.82) is 0 Å². The van der Waals surface area contributed by atoms with Gasteiger partial charge in [0.05, 0.1) is 5.56 Å². The van der Waals surface area contributed by atoms with Crippen molar-refractivity contribution < 1.29 is 13.9 Å². The lowest BCUT2D eigenvalue weighted by atomic mass is 10.1. The Morgan fingerprint density at radius 2 is 2.25 bits per heavy atom. The van der Waals surface area contributed by atoms with Crippen LogP contribution in [-0.4, -0.2) is 12.4 Å². The number of benzene rings is 1. The van der Waals surface area contributed by atoms with Crippen LogP contribution in [0.15, 0.2) is 12.1 Å². The van der Waals surface area contributed by atoms with E-state index < -0.39 is 5.82 Å². The Kier molecular flexibility index (Phi) is 1.40. The highest BCUT2D eigenvalue weighted by molar-refractivity contribution is 6.02. The molecule has 1 aromatic carbocycles. The van der Waals surface area contributed by atoms with Crippen molar-refractivity contribution in [2.75, 3.05) is 6.61 Å². The Labute approximate surface area is 69.0 Å². The fraction of sp³-hybridized carbons (Fsp3) is 0.222. The molecule has 0 fully saturated rings. The Morgan fingerprint density at radius 1 is 1.50 bits per heavy atom. The molecule has 2 nitrogen and oxygen atoms in total. The van der Waals surface area contributed by atoms with Gasteiger partial charge in [-0.2, -0.15) is 0 Å². The third-order valence-electron chi connectivity index (χ3n) is 1.93. The number of Topliss-reactive ketones (excluding diaryl/α,β-unsaturated/α-hetero) is 1. The fourth-order valence-electron chi connectivity index (χ4n) is 1.32. The average Bonchev–Trinajstić information content (AvgIpc) is 2.42. The number of ether oxygens (including phenoxy) is 1. The summed E-state index contributed by atoms with van der Waals surface area (Å²) in [5.74, 6) is -0.357. The number of aryl methyl sites for hydroxylation is 1. The molecule has 3 heteroatoms. The molecular weight excluding hydrogens is 159 g/mol. The molecule has 0 spiro atoms. The minimum atomic E-state index is -0.488. The van der Waals surface area contributed by atoms with Gasteiger partial charge in [-0.3, -0.25) is 4.79 Å². The van der Waals surface area contributed by atoms with Crippen LogP contribution in [0.4, 0.5) is 4.39 Å². The van der Waals surface area contributed by atoms with Crippen LogP contribution in [0.25, 0.3) is 0 Å². The molecule has 0 N–H and O–H groups in total. The topological polar surface area (TPSA) is 26.3 Å². The second-order valence-corrected chi connectivity index (χ2v) is 2.78. The summed E-state index contributed by atoms with van der Waals surface area (Å²) in [6, 6.07) is 2.90. The summed E-state index contributed by atoms with van der Waals surface area (Å²) >= 11 is 0. The zero-order valence-corrected chi connectivity index (χ0v) is 6.56. The number of rotatable bonds is 0. The number of hydrogen-bond donors (Lipinski definition) is 0. The highest BCUT2D eigenvalue weighted by Crippen LogP contribution is 2.30. The molecule has 0 saturated heterocycles. The van der Waals surface area contributed by atoms with Crippen LogP contribution in [0.2, 0.25) is 0 Å². The zero-order valence-electron chi connectivity index (χ0n) is 6.56. The largest absolute Gasteiger partial charge is 0.484 e. The van der Waals surface area contributed by atoms with Crippen LogP contribution in [-0.2, 0) is 0 Å². The van der Waals surface area contributed by atoms with E-state index in [1.54, 1.807) is 13.0 Å². The number of carbonyl (C=O) groups excluding carboxylic acids is 1. The second-order valence-electron chi connectivity index (χ2n) is 2.78. The summed E-state index contributed by atoms with van der Waals surface area (Å²) in [4.78, 5) is 11.1. The molecule has 0 saturated carbocycles. The van der Waals surface area contributed by atoms with Gasteiger partial charge in [0.25, 0.3) is 0 Å². The molecule has 0 radical (unpaired) electrons. The number of hydrogen-bond acceptors (Lipinski definition) is 2. The lowest BCUT2D eigenvalue weighted by Gasteiger charge is -2.01. The summed E-state index contributed by atoms with van der Waals surface area (Å²) in [7, 11) is 0. The second kappa shape index (κ2) is 2.30. The monoisotopic (exact) mass is 166 g/mol. The Bertz CT molecular complexity index is 358. The van der Waals surface area contributed by atoms with Crippen molar-refractivity contribution in [2.45, 2.75) is 6.92 Å². The highest BCUT2D eigenvalue weighted by Gasteiger charge is 2.26. The molecule has 1 aliphatic rings. The molecule has 0 aromatic heterocycles. The van der Waals surface area contributed by atoms with Crippen LogP contribution in [0, 0.1) is 12.7 Å². The van der Waals surface area contributed by atoms with Gasteiger partial charge in [0.15, 0.2) is 6.61 Å². The quantitative estimate of drug-likeness (QED) is 0.586. The Hall–Kier alpha value is -1.38. The number of carbonyl (C=O) groups is 1. The minimum absolute atomic E-state index is 0.0306. The average molecular weight is 166 g/mol. The molecule has 12 heavy (non-hydrogen) atoms. The van der Waals surface area contributed by atoms with Gasteiger partial charge in [-0.1, -0.05) is 6.07 Å². The molecule has 0 aliphatic carbocycles. The third kappa shape index (κ3) is 0.826. The lowest BCUT2D eigenvalue weighted by Crippen LogP contribution is -2.00. The molecule has 2 rings (SSSR count). The summed E-state index contributed by atoms with van der Waals surface area (Å²) in [6.45, 7) is 1.76. The maximum Gasteiger partial charge on any atom is 0.206 e. The third-order valence-corrected chi connectivity index (χ3v) is 1.93. The van der Waals surface area contributed by atoms with Crippen molar-refractivity contribution in [1.82, 2.24) is 0 Å².